The van der Waals surface area contributed by atoms with Crippen LogP contribution in [0, 0.1) is 22.7 Å². The second kappa shape index (κ2) is 6.11. The van der Waals surface area contributed by atoms with E-state index in [2.05, 4.69) is 31.9 Å². The molecule has 3 rings (SSSR count). The third kappa shape index (κ3) is 2.68. The molecule has 0 spiro atoms. The van der Waals surface area contributed by atoms with Gasteiger partial charge in [-0.25, -0.2) is 4.98 Å². The smallest absolute Gasteiger partial charge is 0.142 e. The number of nitrogens with zero attached hydrogens (tertiary/aromatic N) is 6. The van der Waals surface area contributed by atoms with Crippen molar-refractivity contribution in [3.05, 3.63) is 47.9 Å². The lowest BCUT2D eigenvalue weighted by Crippen LogP contribution is -2.47. The van der Waals surface area contributed by atoms with Gasteiger partial charge in [-0.15, -0.1) is 0 Å². The van der Waals surface area contributed by atoms with Crippen LogP contribution < -0.4 is 9.80 Å². The molecule has 3 heterocycles. The first-order valence-corrected chi connectivity index (χ1v) is 7.03. The van der Waals surface area contributed by atoms with E-state index in [0.717, 1.165) is 37.7 Å². The van der Waals surface area contributed by atoms with Crippen LogP contribution in [0.4, 0.5) is 11.5 Å². The second-order valence-electron chi connectivity index (χ2n) is 4.97. The summed E-state index contributed by atoms with van der Waals surface area (Å²) in [5.74, 6) is 0.828. The Morgan fingerprint density at radius 3 is 2.45 bits per heavy atom. The van der Waals surface area contributed by atoms with Crippen molar-refractivity contribution in [2.24, 2.45) is 0 Å². The molecular weight excluding hydrogens is 276 g/mol. The summed E-state index contributed by atoms with van der Waals surface area (Å²) in [5, 5.41) is 18.1. The highest BCUT2D eigenvalue weighted by molar-refractivity contribution is 5.59. The first-order valence-electron chi connectivity index (χ1n) is 7.03. The van der Waals surface area contributed by atoms with Crippen LogP contribution in [0.5, 0.6) is 0 Å². The van der Waals surface area contributed by atoms with Crippen LogP contribution in [-0.2, 0) is 0 Å². The van der Waals surface area contributed by atoms with Crippen LogP contribution in [0.3, 0.4) is 0 Å². The summed E-state index contributed by atoms with van der Waals surface area (Å²) in [4.78, 5) is 12.7. The molecule has 108 valence electrons. The molecule has 0 saturated carbocycles. The third-order valence-electron chi connectivity index (χ3n) is 3.71. The van der Waals surface area contributed by atoms with Gasteiger partial charge in [-0.3, -0.25) is 4.98 Å². The molecule has 2 aromatic rings. The maximum atomic E-state index is 9.17. The van der Waals surface area contributed by atoms with E-state index in [1.807, 2.05) is 18.2 Å². The number of pyridine rings is 2. The van der Waals surface area contributed by atoms with Gasteiger partial charge in [-0.2, -0.15) is 10.5 Å². The van der Waals surface area contributed by atoms with Crippen molar-refractivity contribution in [3.8, 4) is 12.1 Å². The minimum atomic E-state index is 0.431. The quantitative estimate of drug-likeness (QED) is 0.834. The molecule has 1 fully saturated rings. The lowest BCUT2D eigenvalue weighted by atomic mass is 10.2. The molecule has 22 heavy (non-hydrogen) atoms. The lowest BCUT2D eigenvalue weighted by Gasteiger charge is -2.37. The highest BCUT2D eigenvalue weighted by Crippen LogP contribution is 2.22. The Kier molecular flexibility index (Phi) is 3.84. The summed E-state index contributed by atoms with van der Waals surface area (Å²) in [6.07, 6.45) is 3.31. The standard InChI is InChI=1S/C16H14N6/c17-10-13-12-19-5-4-15(13)21-6-8-22(9-7-21)16-3-1-2-14(11-18)20-16/h1-5,12H,6-9H2. The molecule has 6 nitrogen and oxygen atoms in total. The summed E-state index contributed by atoms with van der Waals surface area (Å²) in [5.41, 5.74) is 1.96. The van der Waals surface area contributed by atoms with Crippen LogP contribution in [0.1, 0.15) is 11.3 Å². The van der Waals surface area contributed by atoms with Crippen molar-refractivity contribution in [1.29, 1.82) is 10.5 Å². The van der Waals surface area contributed by atoms with Gasteiger partial charge in [0.2, 0.25) is 0 Å². The SMILES string of the molecule is N#Cc1cccc(N2CCN(c3ccncc3C#N)CC2)n1. The zero-order valence-corrected chi connectivity index (χ0v) is 12.0. The summed E-state index contributed by atoms with van der Waals surface area (Å²) < 4.78 is 0. The normalized spacial score (nSPS) is 14.3. The summed E-state index contributed by atoms with van der Waals surface area (Å²) in [7, 11) is 0. The monoisotopic (exact) mass is 290 g/mol. The van der Waals surface area contributed by atoms with E-state index in [9.17, 15) is 0 Å². The van der Waals surface area contributed by atoms with Gasteiger partial charge in [0.1, 0.15) is 23.7 Å². The molecule has 0 N–H and O–H groups in total. The van der Waals surface area contributed by atoms with Crippen LogP contribution >= 0.6 is 0 Å². The van der Waals surface area contributed by atoms with Crippen molar-refractivity contribution in [1.82, 2.24) is 9.97 Å². The number of rotatable bonds is 2. The van der Waals surface area contributed by atoms with Crippen molar-refractivity contribution < 1.29 is 0 Å². The van der Waals surface area contributed by atoms with E-state index < -0.39 is 0 Å². The number of nitriles is 2. The third-order valence-corrected chi connectivity index (χ3v) is 3.71. The van der Waals surface area contributed by atoms with Crippen LogP contribution in [-0.4, -0.2) is 36.1 Å². The summed E-state index contributed by atoms with van der Waals surface area (Å²) in [6, 6.07) is 11.6. The molecule has 0 aromatic carbocycles. The van der Waals surface area contributed by atoms with Gasteiger partial charge < -0.3 is 9.80 Å². The molecule has 2 aromatic heterocycles. The summed E-state index contributed by atoms with van der Waals surface area (Å²) in [6.45, 7) is 3.21. The molecule has 0 radical (unpaired) electrons. The fourth-order valence-electron chi connectivity index (χ4n) is 2.59. The van der Waals surface area contributed by atoms with E-state index in [0.29, 0.717) is 11.3 Å². The molecule has 1 aliphatic heterocycles. The maximum Gasteiger partial charge on any atom is 0.142 e. The fourth-order valence-corrected chi connectivity index (χ4v) is 2.59. The number of hydrogen-bond donors (Lipinski definition) is 0. The van der Waals surface area contributed by atoms with Crippen molar-refractivity contribution in [2.75, 3.05) is 36.0 Å². The highest BCUT2D eigenvalue weighted by atomic mass is 15.3. The van der Waals surface area contributed by atoms with Crippen molar-refractivity contribution >= 4 is 11.5 Å². The summed E-state index contributed by atoms with van der Waals surface area (Å²) >= 11 is 0. The predicted molar refractivity (Wildman–Crippen MR) is 82.3 cm³/mol. The van der Waals surface area contributed by atoms with E-state index in [4.69, 9.17) is 10.5 Å². The zero-order chi connectivity index (χ0) is 15.4. The van der Waals surface area contributed by atoms with Gasteiger partial charge in [-0.1, -0.05) is 6.07 Å². The predicted octanol–water partition coefficient (Wildman–Crippen LogP) is 1.55. The number of aromatic nitrogens is 2. The Bertz CT molecular complexity index is 750. The van der Waals surface area contributed by atoms with Crippen molar-refractivity contribution in [3.63, 3.8) is 0 Å². The van der Waals surface area contributed by atoms with E-state index in [1.54, 1.807) is 18.5 Å². The van der Waals surface area contributed by atoms with Gasteiger partial charge in [0.15, 0.2) is 0 Å². The van der Waals surface area contributed by atoms with Gasteiger partial charge in [0.05, 0.1) is 11.3 Å². The molecular formula is C16H14N6. The van der Waals surface area contributed by atoms with Gasteiger partial charge in [-0.05, 0) is 18.2 Å². The second-order valence-corrected chi connectivity index (χ2v) is 4.97. The zero-order valence-electron chi connectivity index (χ0n) is 12.0. The number of anilines is 2. The Morgan fingerprint density at radius 2 is 1.73 bits per heavy atom. The molecule has 0 bridgehead atoms. The largest absolute Gasteiger partial charge is 0.367 e. The number of hydrogen-bond acceptors (Lipinski definition) is 6. The minimum absolute atomic E-state index is 0.431. The van der Waals surface area contributed by atoms with Crippen molar-refractivity contribution in [2.45, 2.75) is 0 Å². The maximum absolute atomic E-state index is 9.17. The first kappa shape index (κ1) is 13.8. The molecule has 0 amide bonds. The van der Waals surface area contributed by atoms with Crippen LogP contribution in [0.25, 0.3) is 0 Å². The molecule has 0 aliphatic carbocycles. The van der Waals surface area contributed by atoms with E-state index in [1.165, 1.54) is 0 Å². The minimum Gasteiger partial charge on any atom is -0.367 e. The molecule has 1 saturated heterocycles. The Morgan fingerprint density at radius 1 is 0.955 bits per heavy atom. The Hall–Kier alpha value is -3.12. The van der Waals surface area contributed by atoms with Crippen LogP contribution in [0.2, 0.25) is 0 Å². The lowest BCUT2D eigenvalue weighted by molar-refractivity contribution is 0.646. The van der Waals surface area contributed by atoms with E-state index in [-0.39, 0.29) is 0 Å². The molecule has 6 heteroatoms. The number of piperazine rings is 1. The van der Waals surface area contributed by atoms with Gasteiger partial charge in [0, 0.05) is 38.6 Å². The Balaban J connectivity index is 1.73. The topological polar surface area (TPSA) is 79.8 Å². The molecule has 0 unspecified atom stereocenters. The Labute approximate surface area is 128 Å². The molecule has 1 aliphatic rings. The first-order chi connectivity index (χ1) is 10.8. The fraction of sp³-hybridized carbons (Fsp3) is 0.250. The van der Waals surface area contributed by atoms with Gasteiger partial charge in [0.25, 0.3) is 0 Å². The van der Waals surface area contributed by atoms with E-state index >= 15 is 0 Å². The van der Waals surface area contributed by atoms with Crippen LogP contribution in [0.15, 0.2) is 36.7 Å². The average Bonchev–Trinajstić information content (AvgIpc) is 2.62. The highest BCUT2D eigenvalue weighted by Gasteiger charge is 2.20. The molecule has 0 atom stereocenters. The van der Waals surface area contributed by atoms with Gasteiger partial charge >= 0.3 is 0 Å². The average molecular weight is 290 g/mol.